The summed E-state index contributed by atoms with van der Waals surface area (Å²) in [6.45, 7) is 1.37. The summed E-state index contributed by atoms with van der Waals surface area (Å²) in [5.74, 6) is -2.10. The quantitative estimate of drug-likeness (QED) is 0.514. The van der Waals surface area contributed by atoms with Gasteiger partial charge in [0.15, 0.2) is 0 Å². The summed E-state index contributed by atoms with van der Waals surface area (Å²) >= 11 is 1.44. The van der Waals surface area contributed by atoms with Crippen LogP contribution in [0.25, 0.3) is 0 Å². The number of benzene rings is 2. The summed E-state index contributed by atoms with van der Waals surface area (Å²) in [6, 6.07) is 15.6. The van der Waals surface area contributed by atoms with Gasteiger partial charge in [0, 0.05) is 23.7 Å². The Morgan fingerprint density at radius 3 is 2.53 bits per heavy atom. The second-order valence-electron chi connectivity index (χ2n) is 8.13. The van der Waals surface area contributed by atoms with Crippen molar-refractivity contribution in [3.05, 3.63) is 71.8 Å². The minimum atomic E-state index is -0.947. The molecule has 166 valence electrons. The molecular weight excluding hydrogens is 424 g/mol. The lowest BCUT2D eigenvalue weighted by Crippen LogP contribution is -2.37. The summed E-state index contributed by atoms with van der Waals surface area (Å²) in [5, 5.41) is 12.3. The van der Waals surface area contributed by atoms with E-state index in [0.717, 1.165) is 17.9 Å². The van der Waals surface area contributed by atoms with Crippen LogP contribution in [0.1, 0.15) is 24.0 Å². The third-order valence-electron chi connectivity index (χ3n) is 6.03. The second kappa shape index (κ2) is 10.0. The maximum absolute atomic E-state index is 12.7. The van der Waals surface area contributed by atoms with Gasteiger partial charge >= 0.3 is 5.97 Å². The molecule has 0 saturated carbocycles. The number of carbonyl (C=O) groups is 3. The molecule has 4 rings (SSSR count). The fourth-order valence-electron chi connectivity index (χ4n) is 4.22. The molecule has 1 aliphatic heterocycles. The van der Waals surface area contributed by atoms with Gasteiger partial charge in [0.05, 0.1) is 17.6 Å². The van der Waals surface area contributed by atoms with Crippen molar-refractivity contribution in [1.29, 1.82) is 0 Å². The Morgan fingerprint density at radius 2 is 1.75 bits per heavy atom. The number of thioether (sulfide) groups is 1. The van der Waals surface area contributed by atoms with Crippen molar-refractivity contribution < 1.29 is 19.5 Å². The lowest BCUT2D eigenvalue weighted by atomic mass is 9.82. The molecule has 2 unspecified atom stereocenters. The fraction of sp³-hybridized carbons (Fsp3) is 0.320. The third kappa shape index (κ3) is 5.22. The number of hydrogen-bond acceptors (Lipinski definition) is 4. The van der Waals surface area contributed by atoms with Gasteiger partial charge in [0.25, 0.3) is 0 Å². The molecule has 2 aromatic rings. The Hall–Kier alpha value is -3.06. The van der Waals surface area contributed by atoms with E-state index in [1.165, 1.54) is 22.9 Å². The number of carboxylic acid groups (broad SMARTS) is 1. The Kier molecular flexibility index (Phi) is 6.95. The zero-order chi connectivity index (χ0) is 22.5. The molecule has 2 aromatic carbocycles. The Bertz CT molecular complexity index is 1050. The summed E-state index contributed by atoms with van der Waals surface area (Å²) in [6.07, 6.45) is 5.34. The number of hydrogen-bond donors (Lipinski definition) is 2. The predicted octanol–water partition coefficient (Wildman–Crippen LogP) is 3.97. The van der Waals surface area contributed by atoms with Crippen LogP contribution < -0.4 is 5.32 Å². The van der Waals surface area contributed by atoms with Crippen molar-refractivity contribution >= 4 is 35.2 Å². The average Bonchev–Trinajstić information content (AvgIpc) is 2.82. The van der Waals surface area contributed by atoms with E-state index < -0.39 is 17.8 Å². The SMILES string of the molecule is O=C(O)C1CC=CCC1C(=O)Nc1cccc(SCC(=O)N2CCc3ccccc3C2)c1. The largest absolute Gasteiger partial charge is 0.481 e. The van der Waals surface area contributed by atoms with E-state index in [4.69, 9.17) is 0 Å². The number of fused-ring (bicyclic) bond motifs is 1. The summed E-state index contributed by atoms with van der Waals surface area (Å²) in [5.41, 5.74) is 3.13. The summed E-state index contributed by atoms with van der Waals surface area (Å²) < 4.78 is 0. The highest BCUT2D eigenvalue weighted by Gasteiger charge is 2.34. The highest BCUT2D eigenvalue weighted by atomic mass is 32.2. The number of amides is 2. The molecule has 0 bridgehead atoms. The maximum Gasteiger partial charge on any atom is 0.307 e. The number of nitrogens with zero attached hydrogens (tertiary/aromatic N) is 1. The number of nitrogens with one attached hydrogen (secondary N) is 1. The van der Waals surface area contributed by atoms with Crippen molar-refractivity contribution in [3.8, 4) is 0 Å². The monoisotopic (exact) mass is 450 g/mol. The fourth-order valence-corrected chi connectivity index (χ4v) is 5.08. The number of anilines is 1. The lowest BCUT2D eigenvalue weighted by Gasteiger charge is -2.28. The van der Waals surface area contributed by atoms with Crippen LogP contribution in [0.5, 0.6) is 0 Å². The molecule has 0 saturated heterocycles. The first-order chi connectivity index (χ1) is 15.5. The average molecular weight is 451 g/mol. The second-order valence-corrected chi connectivity index (χ2v) is 9.18. The van der Waals surface area contributed by atoms with Crippen molar-refractivity contribution in [2.45, 2.75) is 30.7 Å². The van der Waals surface area contributed by atoms with Gasteiger partial charge in [0.2, 0.25) is 11.8 Å². The van der Waals surface area contributed by atoms with E-state index >= 15 is 0 Å². The molecule has 32 heavy (non-hydrogen) atoms. The van der Waals surface area contributed by atoms with Crippen LogP contribution in [0.4, 0.5) is 5.69 Å². The number of aliphatic carboxylic acids is 1. The normalized spacial score (nSPS) is 19.8. The van der Waals surface area contributed by atoms with Crippen LogP contribution in [0.15, 0.2) is 65.6 Å². The van der Waals surface area contributed by atoms with Crippen molar-refractivity contribution in [1.82, 2.24) is 4.90 Å². The zero-order valence-corrected chi connectivity index (χ0v) is 18.5. The third-order valence-corrected chi connectivity index (χ3v) is 7.01. The molecular formula is C25H26N2O4S. The van der Waals surface area contributed by atoms with E-state index in [1.807, 2.05) is 47.4 Å². The molecule has 1 aliphatic carbocycles. The Labute approximate surface area is 191 Å². The Balaban J connectivity index is 1.33. The standard InChI is InChI=1S/C25H26N2O4S/c28-23(27-13-12-17-6-1-2-7-18(17)15-27)16-32-20-9-5-8-19(14-20)26-24(29)21-10-3-4-11-22(21)25(30)31/h1-9,14,21-22H,10-13,15-16H2,(H,26,29)(H,30,31). The maximum atomic E-state index is 12.7. The van der Waals surface area contributed by atoms with Crippen LogP contribution >= 0.6 is 11.8 Å². The first-order valence-corrected chi connectivity index (χ1v) is 11.8. The minimum absolute atomic E-state index is 0.0947. The van der Waals surface area contributed by atoms with Gasteiger partial charge in [-0.25, -0.2) is 0 Å². The van der Waals surface area contributed by atoms with Crippen LogP contribution in [-0.2, 0) is 27.3 Å². The van der Waals surface area contributed by atoms with Crippen LogP contribution in [0, 0.1) is 11.8 Å². The number of allylic oxidation sites excluding steroid dienone is 2. The summed E-state index contributed by atoms with van der Waals surface area (Å²) in [7, 11) is 0. The topological polar surface area (TPSA) is 86.7 Å². The number of carbonyl (C=O) groups excluding carboxylic acids is 2. The molecule has 2 aliphatic rings. The van der Waals surface area contributed by atoms with Gasteiger partial charge in [-0.15, -0.1) is 11.8 Å². The summed E-state index contributed by atoms with van der Waals surface area (Å²) in [4.78, 5) is 39.7. The smallest absolute Gasteiger partial charge is 0.307 e. The molecule has 0 fully saturated rings. The molecule has 2 N–H and O–H groups in total. The van der Waals surface area contributed by atoms with Crippen LogP contribution in [0.2, 0.25) is 0 Å². The van der Waals surface area contributed by atoms with E-state index in [9.17, 15) is 19.5 Å². The molecule has 2 amide bonds. The molecule has 0 spiro atoms. The molecule has 7 heteroatoms. The van der Waals surface area contributed by atoms with Gasteiger partial charge in [-0.05, 0) is 48.6 Å². The number of carboxylic acids is 1. The minimum Gasteiger partial charge on any atom is -0.481 e. The van der Waals surface area contributed by atoms with Crippen LogP contribution in [0.3, 0.4) is 0 Å². The lowest BCUT2D eigenvalue weighted by molar-refractivity contribution is -0.146. The molecule has 6 nitrogen and oxygen atoms in total. The van der Waals surface area contributed by atoms with Gasteiger partial charge in [0.1, 0.15) is 0 Å². The molecule has 0 aromatic heterocycles. The highest BCUT2D eigenvalue weighted by Crippen LogP contribution is 2.28. The Morgan fingerprint density at radius 1 is 1.00 bits per heavy atom. The highest BCUT2D eigenvalue weighted by molar-refractivity contribution is 8.00. The van der Waals surface area contributed by atoms with E-state index in [1.54, 1.807) is 6.07 Å². The zero-order valence-electron chi connectivity index (χ0n) is 17.7. The van der Waals surface area contributed by atoms with Crippen molar-refractivity contribution in [2.24, 2.45) is 11.8 Å². The van der Waals surface area contributed by atoms with E-state index in [2.05, 4.69) is 17.4 Å². The molecule has 1 heterocycles. The van der Waals surface area contributed by atoms with E-state index in [0.29, 0.717) is 30.8 Å². The predicted molar refractivity (Wildman–Crippen MR) is 124 cm³/mol. The molecule has 0 radical (unpaired) electrons. The first-order valence-electron chi connectivity index (χ1n) is 10.8. The van der Waals surface area contributed by atoms with E-state index in [-0.39, 0.29) is 11.8 Å². The van der Waals surface area contributed by atoms with Crippen molar-refractivity contribution in [2.75, 3.05) is 17.6 Å². The van der Waals surface area contributed by atoms with Gasteiger partial charge in [-0.3, -0.25) is 14.4 Å². The van der Waals surface area contributed by atoms with Gasteiger partial charge in [-0.1, -0.05) is 42.5 Å². The van der Waals surface area contributed by atoms with Crippen LogP contribution in [-0.4, -0.2) is 40.1 Å². The van der Waals surface area contributed by atoms with Gasteiger partial charge < -0.3 is 15.3 Å². The van der Waals surface area contributed by atoms with Gasteiger partial charge in [-0.2, -0.15) is 0 Å². The molecule has 2 atom stereocenters. The van der Waals surface area contributed by atoms with Crippen molar-refractivity contribution in [3.63, 3.8) is 0 Å². The number of rotatable bonds is 6. The first kappa shape index (κ1) is 22.1.